The van der Waals surface area contributed by atoms with Crippen LogP contribution in [0.3, 0.4) is 0 Å². The molecule has 0 saturated heterocycles. The molecule has 0 saturated carbocycles. The molecule has 15 heteroatoms. The molecule has 1 atom stereocenters. The van der Waals surface area contributed by atoms with Crippen LogP contribution in [0.1, 0.15) is 32.8 Å². The fourth-order valence-electron chi connectivity index (χ4n) is 3.86. The van der Waals surface area contributed by atoms with Gasteiger partial charge in [0.05, 0.1) is 10.9 Å². The van der Waals surface area contributed by atoms with Gasteiger partial charge in [0.2, 0.25) is 11.8 Å². The van der Waals surface area contributed by atoms with E-state index in [-0.39, 0.29) is 45.8 Å². The van der Waals surface area contributed by atoms with E-state index in [0.717, 1.165) is 4.68 Å². The number of carbonyl (C=O) groups excluding carboxylic acids is 2. The number of rotatable bonds is 6. The minimum Gasteiger partial charge on any atom is -0.383 e. The number of amides is 2. The maximum absolute atomic E-state index is 13.5. The summed E-state index contributed by atoms with van der Waals surface area (Å²) in [6, 6.07) is 2.75. The molecule has 10 nitrogen and oxygen atoms in total. The number of fused-ring (bicyclic) bond motifs is 2. The Bertz CT molecular complexity index is 1370. The molecule has 0 aromatic carbocycles. The number of alkyl halides is 5. The largest absolute Gasteiger partial charge is 0.453 e. The molecule has 4 rings (SSSR count). The van der Waals surface area contributed by atoms with Crippen LogP contribution in [0.25, 0.3) is 22.6 Å². The quantitative estimate of drug-likeness (QED) is 0.341. The summed E-state index contributed by atoms with van der Waals surface area (Å²) in [6.07, 6.45) is -5.95. The van der Waals surface area contributed by atoms with Crippen LogP contribution in [0.15, 0.2) is 18.3 Å². The molecule has 1 aliphatic rings. The van der Waals surface area contributed by atoms with Gasteiger partial charge < -0.3 is 16.4 Å². The molecule has 0 bridgehead atoms. The molecule has 192 valence electrons. The highest BCUT2D eigenvalue weighted by atomic mass is 19.4. The predicted molar refractivity (Wildman–Crippen MR) is 118 cm³/mol. The van der Waals surface area contributed by atoms with Gasteiger partial charge in [0.25, 0.3) is 0 Å². The molecule has 0 fully saturated rings. The SMILES string of the molecule is CC(C)NC(=O)C1(C)C(=O)Nc2nc(-c3nn(CCC(F)(F)C(F)(F)F)c4ncccc34)nc(N)c21. The topological polar surface area (TPSA) is 141 Å². The van der Waals surface area contributed by atoms with Crippen LogP contribution in [0, 0.1) is 0 Å². The summed E-state index contributed by atoms with van der Waals surface area (Å²) in [5.41, 5.74) is 4.50. The summed E-state index contributed by atoms with van der Waals surface area (Å²) in [5.74, 6) is -6.61. The zero-order chi connectivity index (χ0) is 26.6. The Morgan fingerprint density at radius 3 is 2.58 bits per heavy atom. The van der Waals surface area contributed by atoms with Crippen LogP contribution < -0.4 is 16.4 Å². The number of hydrogen-bond acceptors (Lipinski definition) is 7. The van der Waals surface area contributed by atoms with Crippen molar-refractivity contribution in [3.05, 3.63) is 23.9 Å². The second kappa shape index (κ2) is 8.34. The van der Waals surface area contributed by atoms with Crippen molar-refractivity contribution in [1.29, 1.82) is 0 Å². The molecule has 1 unspecified atom stereocenters. The number of aryl methyl sites for hydroxylation is 1. The molecule has 3 aromatic rings. The normalized spacial score (nSPS) is 18.0. The average molecular weight is 512 g/mol. The first-order chi connectivity index (χ1) is 16.7. The number of hydrogen-bond donors (Lipinski definition) is 3. The van der Waals surface area contributed by atoms with Gasteiger partial charge >= 0.3 is 12.1 Å². The van der Waals surface area contributed by atoms with E-state index in [0.29, 0.717) is 0 Å². The van der Waals surface area contributed by atoms with Gasteiger partial charge in [-0.05, 0) is 32.9 Å². The average Bonchev–Trinajstić information content (AvgIpc) is 3.27. The molecule has 4 heterocycles. The van der Waals surface area contributed by atoms with Gasteiger partial charge in [0.15, 0.2) is 16.9 Å². The lowest BCUT2D eigenvalue weighted by Gasteiger charge is -2.23. The zero-order valence-corrected chi connectivity index (χ0v) is 19.2. The van der Waals surface area contributed by atoms with Gasteiger partial charge in [-0.25, -0.2) is 19.6 Å². The van der Waals surface area contributed by atoms with Crippen molar-refractivity contribution in [1.82, 2.24) is 30.0 Å². The summed E-state index contributed by atoms with van der Waals surface area (Å²) in [4.78, 5) is 38.1. The highest BCUT2D eigenvalue weighted by Crippen LogP contribution is 2.42. The molecule has 2 amide bonds. The lowest BCUT2D eigenvalue weighted by atomic mass is 9.83. The van der Waals surface area contributed by atoms with Crippen LogP contribution in [-0.2, 0) is 21.5 Å². The third-order valence-electron chi connectivity index (χ3n) is 5.77. The number of pyridine rings is 1. The first-order valence-electron chi connectivity index (χ1n) is 10.7. The fourth-order valence-corrected chi connectivity index (χ4v) is 3.86. The monoisotopic (exact) mass is 512 g/mol. The molecule has 4 N–H and O–H groups in total. The standard InChI is InChI=1S/C21H21F5N8O2/c1-9(2)29-17(35)19(3)11-13(27)30-15(31-14(11)32-18(19)36)12-10-5-4-7-28-16(10)34(33-12)8-6-20(22,23)21(24,25)26/h4-5,7,9H,6,8H2,1-3H3,(H,29,35)(H3,27,30,31,32,36). The summed E-state index contributed by atoms with van der Waals surface area (Å²) < 4.78 is 65.8. The van der Waals surface area contributed by atoms with Crippen LogP contribution in [0.2, 0.25) is 0 Å². The third-order valence-corrected chi connectivity index (χ3v) is 5.77. The van der Waals surface area contributed by atoms with Crippen LogP contribution in [0.5, 0.6) is 0 Å². The van der Waals surface area contributed by atoms with E-state index >= 15 is 0 Å². The van der Waals surface area contributed by atoms with Gasteiger partial charge in [0, 0.05) is 25.2 Å². The number of halogens is 5. The Hall–Kier alpha value is -3.91. The first-order valence-corrected chi connectivity index (χ1v) is 10.7. The van der Waals surface area contributed by atoms with Crippen LogP contribution in [0.4, 0.5) is 33.6 Å². The Balaban J connectivity index is 1.77. The van der Waals surface area contributed by atoms with Crippen molar-refractivity contribution < 1.29 is 31.5 Å². The summed E-state index contributed by atoms with van der Waals surface area (Å²) >= 11 is 0. The maximum Gasteiger partial charge on any atom is 0.453 e. The van der Waals surface area contributed by atoms with Crippen molar-refractivity contribution in [3.63, 3.8) is 0 Å². The molecule has 1 aliphatic heterocycles. The predicted octanol–water partition coefficient (Wildman–Crippen LogP) is 2.79. The second-order valence-electron chi connectivity index (χ2n) is 8.76. The Morgan fingerprint density at radius 2 is 1.94 bits per heavy atom. The minimum absolute atomic E-state index is 0.00240. The molecular formula is C21H21F5N8O2. The van der Waals surface area contributed by atoms with Gasteiger partial charge in [-0.3, -0.25) is 9.59 Å². The van der Waals surface area contributed by atoms with E-state index in [4.69, 9.17) is 5.73 Å². The summed E-state index contributed by atoms with van der Waals surface area (Å²) in [6.45, 7) is 4.01. The number of nitrogens with zero attached hydrogens (tertiary/aromatic N) is 5. The maximum atomic E-state index is 13.5. The molecule has 0 radical (unpaired) electrons. The zero-order valence-electron chi connectivity index (χ0n) is 19.2. The van der Waals surface area contributed by atoms with Gasteiger partial charge in [-0.2, -0.15) is 27.1 Å². The number of nitrogens with one attached hydrogen (secondary N) is 2. The Kier molecular flexibility index (Phi) is 5.84. The van der Waals surface area contributed by atoms with E-state index in [9.17, 15) is 31.5 Å². The van der Waals surface area contributed by atoms with E-state index in [1.165, 1.54) is 25.3 Å². The molecule has 0 aliphatic carbocycles. The molecule has 3 aromatic heterocycles. The molecular weight excluding hydrogens is 491 g/mol. The van der Waals surface area contributed by atoms with Crippen LogP contribution in [-0.4, -0.2) is 54.7 Å². The smallest absolute Gasteiger partial charge is 0.383 e. The van der Waals surface area contributed by atoms with Gasteiger partial charge in [-0.1, -0.05) is 0 Å². The van der Waals surface area contributed by atoms with E-state index in [2.05, 4.69) is 30.7 Å². The van der Waals surface area contributed by atoms with Crippen molar-refractivity contribution in [2.24, 2.45) is 0 Å². The molecule has 36 heavy (non-hydrogen) atoms. The van der Waals surface area contributed by atoms with Crippen LogP contribution >= 0.6 is 0 Å². The minimum atomic E-state index is -5.71. The molecule has 0 spiro atoms. The second-order valence-corrected chi connectivity index (χ2v) is 8.76. The lowest BCUT2D eigenvalue weighted by Crippen LogP contribution is -2.49. The van der Waals surface area contributed by atoms with Crippen molar-refractivity contribution in [2.45, 2.75) is 57.3 Å². The van der Waals surface area contributed by atoms with Gasteiger partial charge in [0.1, 0.15) is 17.3 Å². The Morgan fingerprint density at radius 1 is 1.25 bits per heavy atom. The highest BCUT2D eigenvalue weighted by molar-refractivity contribution is 6.21. The van der Waals surface area contributed by atoms with E-state index in [1.54, 1.807) is 13.8 Å². The Labute approximate surface area is 200 Å². The van der Waals surface area contributed by atoms with Crippen molar-refractivity contribution in [3.8, 4) is 11.5 Å². The van der Waals surface area contributed by atoms with E-state index in [1.807, 2.05) is 0 Å². The highest BCUT2D eigenvalue weighted by Gasteiger charge is 2.57. The van der Waals surface area contributed by atoms with Crippen molar-refractivity contribution in [2.75, 3.05) is 11.1 Å². The van der Waals surface area contributed by atoms with E-state index < -0.39 is 42.3 Å². The summed E-state index contributed by atoms with van der Waals surface area (Å²) in [5, 5.41) is 9.55. The number of anilines is 2. The number of nitrogen functional groups attached to an aromatic ring is 1. The first kappa shape index (κ1) is 25.2. The van der Waals surface area contributed by atoms with Crippen molar-refractivity contribution >= 4 is 34.5 Å². The summed E-state index contributed by atoms with van der Waals surface area (Å²) in [7, 11) is 0. The third kappa shape index (κ3) is 3.97. The fraction of sp³-hybridized carbons (Fsp3) is 0.429. The lowest BCUT2D eigenvalue weighted by molar-refractivity contribution is -0.285. The number of carbonyl (C=O) groups is 2. The number of aromatic nitrogens is 5. The van der Waals surface area contributed by atoms with Gasteiger partial charge in [-0.15, -0.1) is 0 Å². The number of nitrogens with two attached hydrogens (primary N) is 1.